The number of hydrogen-bond acceptors (Lipinski definition) is 5. The molecule has 0 radical (unpaired) electrons. The van der Waals surface area contributed by atoms with Crippen LogP contribution in [0.3, 0.4) is 0 Å². The Labute approximate surface area is 187 Å². The van der Waals surface area contributed by atoms with Crippen molar-refractivity contribution in [1.29, 1.82) is 0 Å². The van der Waals surface area contributed by atoms with Gasteiger partial charge in [0.25, 0.3) is 11.1 Å². The lowest BCUT2D eigenvalue weighted by Gasteiger charge is -2.12. The number of carbonyl (C=O) groups is 3. The Morgan fingerprint density at radius 3 is 2.59 bits per heavy atom. The molecule has 0 spiro atoms. The van der Waals surface area contributed by atoms with Crippen LogP contribution in [0.25, 0.3) is 11.9 Å². The summed E-state index contributed by atoms with van der Waals surface area (Å²) >= 11 is 0.791. The molecule has 1 aliphatic rings. The molecule has 3 aromatic rings. The molecule has 32 heavy (non-hydrogen) atoms. The number of hydrogen-bond donors (Lipinski definition) is 1. The number of aryl methyl sites for hydroxylation is 1. The van der Waals surface area contributed by atoms with E-state index >= 15 is 0 Å². The maximum atomic E-state index is 13.0. The van der Waals surface area contributed by atoms with Gasteiger partial charge >= 0.3 is 0 Å². The largest absolute Gasteiger partial charge is 0.325 e. The van der Waals surface area contributed by atoms with Gasteiger partial charge in [-0.05, 0) is 79.7 Å². The van der Waals surface area contributed by atoms with Crippen molar-refractivity contribution in [2.45, 2.75) is 13.8 Å². The zero-order valence-electron chi connectivity index (χ0n) is 17.3. The molecule has 9 heteroatoms. The fourth-order valence-corrected chi connectivity index (χ4v) is 4.26. The highest BCUT2D eigenvalue weighted by Crippen LogP contribution is 2.33. The fourth-order valence-electron chi connectivity index (χ4n) is 3.43. The lowest BCUT2D eigenvalue weighted by atomic mass is 10.2. The second kappa shape index (κ2) is 8.80. The molecular formula is C23H19FN4O3S. The monoisotopic (exact) mass is 450 g/mol. The van der Waals surface area contributed by atoms with Crippen LogP contribution in [0, 0.1) is 19.7 Å². The van der Waals surface area contributed by atoms with Gasteiger partial charge in [-0.2, -0.15) is 0 Å². The van der Waals surface area contributed by atoms with Crippen molar-refractivity contribution in [2.75, 3.05) is 11.9 Å². The van der Waals surface area contributed by atoms with Crippen LogP contribution in [0.4, 0.5) is 14.9 Å². The summed E-state index contributed by atoms with van der Waals surface area (Å²) in [5.74, 6) is -0.750. The number of rotatable bonds is 5. The molecule has 162 valence electrons. The van der Waals surface area contributed by atoms with E-state index in [9.17, 15) is 18.8 Å². The highest BCUT2D eigenvalue weighted by Gasteiger charge is 2.36. The Bertz CT molecular complexity index is 1240. The Hall–Kier alpha value is -3.72. The zero-order valence-corrected chi connectivity index (χ0v) is 18.1. The molecule has 2 aromatic heterocycles. The zero-order chi connectivity index (χ0) is 22.8. The molecule has 1 N–H and O–H groups in total. The summed E-state index contributed by atoms with van der Waals surface area (Å²) in [7, 11) is 0. The first-order chi connectivity index (χ1) is 15.3. The Morgan fingerprint density at radius 1 is 1.16 bits per heavy atom. The molecule has 0 unspecified atom stereocenters. The quantitative estimate of drug-likeness (QED) is 0.586. The molecule has 1 fully saturated rings. The van der Waals surface area contributed by atoms with E-state index < -0.39 is 29.4 Å². The van der Waals surface area contributed by atoms with Gasteiger partial charge in [0.15, 0.2) is 0 Å². The molecule has 3 amide bonds. The van der Waals surface area contributed by atoms with Gasteiger partial charge < -0.3 is 9.88 Å². The van der Waals surface area contributed by atoms with E-state index in [1.165, 1.54) is 24.3 Å². The van der Waals surface area contributed by atoms with Crippen molar-refractivity contribution >= 4 is 40.6 Å². The van der Waals surface area contributed by atoms with Crippen molar-refractivity contribution in [3.8, 4) is 5.82 Å². The van der Waals surface area contributed by atoms with E-state index in [4.69, 9.17) is 0 Å². The average molecular weight is 450 g/mol. The van der Waals surface area contributed by atoms with Gasteiger partial charge in [-0.3, -0.25) is 19.3 Å². The number of thioether (sulfide) groups is 1. The van der Waals surface area contributed by atoms with Crippen LogP contribution in [-0.2, 0) is 9.59 Å². The van der Waals surface area contributed by atoms with Crippen molar-refractivity contribution in [3.63, 3.8) is 0 Å². The third-order valence-corrected chi connectivity index (χ3v) is 5.85. The van der Waals surface area contributed by atoms with Gasteiger partial charge in [0.05, 0.1) is 4.91 Å². The Kier molecular flexibility index (Phi) is 5.91. The summed E-state index contributed by atoms with van der Waals surface area (Å²) in [6.07, 6.45) is 3.36. The third-order valence-electron chi connectivity index (χ3n) is 4.94. The number of amides is 3. The molecule has 0 aliphatic carbocycles. The summed E-state index contributed by atoms with van der Waals surface area (Å²) in [6, 6.07) is 12.7. The minimum atomic E-state index is -0.548. The van der Waals surface area contributed by atoms with Crippen LogP contribution in [0.1, 0.15) is 17.0 Å². The molecule has 0 atom stereocenters. The van der Waals surface area contributed by atoms with E-state index in [1.807, 2.05) is 42.7 Å². The van der Waals surface area contributed by atoms with Crippen LogP contribution in [0.5, 0.6) is 0 Å². The lowest BCUT2D eigenvalue weighted by Crippen LogP contribution is -2.36. The van der Waals surface area contributed by atoms with Gasteiger partial charge in [0.1, 0.15) is 18.2 Å². The first-order valence-electron chi connectivity index (χ1n) is 9.74. The van der Waals surface area contributed by atoms with Gasteiger partial charge in [-0.1, -0.05) is 6.07 Å². The van der Waals surface area contributed by atoms with Crippen LogP contribution in [0.15, 0.2) is 59.6 Å². The number of anilines is 1. The normalized spacial score (nSPS) is 15.0. The number of pyridine rings is 1. The maximum Gasteiger partial charge on any atom is 0.294 e. The van der Waals surface area contributed by atoms with Gasteiger partial charge in [0, 0.05) is 23.3 Å². The SMILES string of the molecule is Cc1cc(/C=C2\SC(=O)N(CC(=O)Nc3ccc(F)cc3)C2=O)c(C)n1-c1ccccn1. The third kappa shape index (κ3) is 4.33. The van der Waals surface area contributed by atoms with Crippen LogP contribution in [-0.4, -0.2) is 38.0 Å². The topological polar surface area (TPSA) is 84.3 Å². The molecule has 0 bridgehead atoms. The minimum Gasteiger partial charge on any atom is -0.325 e. The number of nitrogens with one attached hydrogen (secondary N) is 1. The molecule has 0 saturated carbocycles. The standard InChI is InChI=1S/C23H19FN4O3S/c1-14-11-16(15(2)28(14)20-5-3-4-10-25-20)12-19-22(30)27(23(31)32-19)13-21(29)26-18-8-6-17(24)7-9-18/h3-12H,13H2,1-2H3,(H,26,29)/b19-12-. The first-order valence-corrected chi connectivity index (χ1v) is 10.6. The second-order valence-corrected chi connectivity index (χ2v) is 8.17. The van der Waals surface area contributed by atoms with E-state index in [0.717, 1.165) is 39.4 Å². The predicted octanol–water partition coefficient (Wildman–Crippen LogP) is 4.30. The number of carbonyl (C=O) groups excluding carboxylic acids is 3. The Balaban J connectivity index is 1.51. The second-order valence-electron chi connectivity index (χ2n) is 7.17. The van der Waals surface area contributed by atoms with Gasteiger partial charge in [-0.15, -0.1) is 0 Å². The van der Waals surface area contributed by atoms with E-state index in [1.54, 1.807) is 12.3 Å². The summed E-state index contributed by atoms with van der Waals surface area (Å²) in [4.78, 5) is 43.0. The number of aromatic nitrogens is 2. The summed E-state index contributed by atoms with van der Waals surface area (Å²) < 4.78 is 15.0. The summed E-state index contributed by atoms with van der Waals surface area (Å²) in [5, 5.41) is 2.03. The number of imide groups is 1. The maximum absolute atomic E-state index is 13.0. The summed E-state index contributed by atoms with van der Waals surface area (Å²) in [5.41, 5.74) is 2.97. The molecule has 7 nitrogen and oxygen atoms in total. The molecule has 1 aromatic carbocycles. The fraction of sp³-hybridized carbons (Fsp3) is 0.130. The predicted molar refractivity (Wildman–Crippen MR) is 121 cm³/mol. The lowest BCUT2D eigenvalue weighted by molar-refractivity contribution is -0.127. The molecule has 1 saturated heterocycles. The van der Waals surface area contributed by atoms with Crippen LogP contribution >= 0.6 is 11.8 Å². The number of benzene rings is 1. The number of nitrogens with zero attached hydrogens (tertiary/aromatic N) is 3. The van der Waals surface area contributed by atoms with Crippen LogP contribution < -0.4 is 5.32 Å². The van der Waals surface area contributed by atoms with E-state index in [-0.39, 0.29) is 4.91 Å². The first kappa shape index (κ1) is 21.5. The van der Waals surface area contributed by atoms with Crippen molar-refractivity contribution < 1.29 is 18.8 Å². The van der Waals surface area contributed by atoms with Crippen LogP contribution in [0.2, 0.25) is 0 Å². The highest BCUT2D eigenvalue weighted by molar-refractivity contribution is 8.18. The summed E-state index contributed by atoms with van der Waals surface area (Å²) in [6.45, 7) is 3.42. The number of halogens is 1. The smallest absolute Gasteiger partial charge is 0.294 e. The van der Waals surface area contributed by atoms with Gasteiger partial charge in [-0.25, -0.2) is 9.37 Å². The molecule has 3 heterocycles. The van der Waals surface area contributed by atoms with Crippen molar-refractivity contribution in [3.05, 3.63) is 82.4 Å². The highest BCUT2D eigenvalue weighted by atomic mass is 32.2. The van der Waals surface area contributed by atoms with Crippen molar-refractivity contribution in [1.82, 2.24) is 14.5 Å². The molecular weight excluding hydrogens is 431 g/mol. The molecule has 1 aliphatic heterocycles. The van der Waals surface area contributed by atoms with E-state index in [2.05, 4.69) is 10.3 Å². The molecule has 4 rings (SSSR count). The minimum absolute atomic E-state index is 0.242. The van der Waals surface area contributed by atoms with Crippen molar-refractivity contribution in [2.24, 2.45) is 0 Å². The van der Waals surface area contributed by atoms with E-state index in [0.29, 0.717) is 5.69 Å². The Morgan fingerprint density at radius 2 is 1.91 bits per heavy atom. The van der Waals surface area contributed by atoms with Gasteiger partial charge in [0.2, 0.25) is 5.91 Å². The average Bonchev–Trinajstić information content (AvgIpc) is 3.19.